The van der Waals surface area contributed by atoms with E-state index in [9.17, 15) is 4.79 Å². The third-order valence-electron chi connectivity index (χ3n) is 3.42. The summed E-state index contributed by atoms with van der Waals surface area (Å²) in [6, 6.07) is 8.36. The number of benzene rings is 1. The lowest BCUT2D eigenvalue weighted by Gasteiger charge is -2.32. The number of carbonyl (C=O) groups excluding carboxylic acids is 1. The minimum atomic E-state index is -0.437. The summed E-state index contributed by atoms with van der Waals surface area (Å²) in [5.74, 6) is 0. The number of likely N-dealkylation sites (tertiary alicyclic amines) is 1. The molecule has 0 spiro atoms. The number of carbonyl (C=O) groups is 1. The van der Waals surface area contributed by atoms with Crippen molar-refractivity contribution in [3.05, 3.63) is 34.3 Å². The Balaban J connectivity index is 1.82. The van der Waals surface area contributed by atoms with Crippen molar-refractivity contribution in [1.82, 2.24) is 4.90 Å². The Bertz CT molecular complexity index is 527. The van der Waals surface area contributed by atoms with E-state index in [1.807, 2.05) is 51.3 Å². The molecule has 0 saturated carbocycles. The molecule has 2 rings (SSSR count). The largest absolute Gasteiger partial charge is 0.444 e. The maximum Gasteiger partial charge on any atom is 0.410 e. The number of hydrogen-bond acceptors (Lipinski definition) is 3. The van der Waals surface area contributed by atoms with Crippen molar-refractivity contribution in [3.8, 4) is 0 Å². The van der Waals surface area contributed by atoms with Crippen molar-refractivity contribution in [3.63, 3.8) is 0 Å². The third-order valence-corrected chi connectivity index (χ3v) is 3.95. The average molecular weight is 367 g/mol. The van der Waals surface area contributed by atoms with E-state index in [4.69, 9.17) is 4.74 Å². The number of nitrogens with zero attached hydrogens (tertiary/aromatic N) is 2. The zero-order chi connectivity index (χ0) is 16.2. The van der Waals surface area contributed by atoms with Crippen LogP contribution in [0.1, 0.15) is 39.2 Å². The Morgan fingerprint density at radius 3 is 2.41 bits per heavy atom. The monoisotopic (exact) mass is 366 g/mol. The Hall–Kier alpha value is -1.36. The number of hydrogen-bond donors (Lipinski definition) is 0. The van der Waals surface area contributed by atoms with E-state index in [1.165, 1.54) is 0 Å². The number of rotatable bonds is 2. The van der Waals surface area contributed by atoms with E-state index in [1.54, 1.807) is 4.90 Å². The highest BCUT2D eigenvalue weighted by atomic mass is 79.9. The van der Waals surface area contributed by atoms with Crippen LogP contribution in [0.4, 0.5) is 4.79 Å². The third kappa shape index (κ3) is 5.44. The number of aliphatic imine (C=N–C) groups is 1. The maximum atomic E-state index is 12.0. The fraction of sp³-hybridized carbons (Fsp3) is 0.529. The molecule has 1 heterocycles. The molecule has 1 amide bonds. The van der Waals surface area contributed by atoms with Gasteiger partial charge in [0.2, 0.25) is 0 Å². The van der Waals surface area contributed by atoms with Crippen LogP contribution >= 0.6 is 15.9 Å². The molecule has 4 nitrogen and oxygen atoms in total. The Morgan fingerprint density at radius 1 is 1.27 bits per heavy atom. The molecule has 1 saturated heterocycles. The smallest absolute Gasteiger partial charge is 0.410 e. The summed E-state index contributed by atoms with van der Waals surface area (Å²) in [4.78, 5) is 18.4. The van der Waals surface area contributed by atoms with E-state index < -0.39 is 5.60 Å². The minimum absolute atomic E-state index is 0.220. The van der Waals surface area contributed by atoms with Gasteiger partial charge in [0.15, 0.2) is 0 Å². The van der Waals surface area contributed by atoms with Crippen LogP contribution in [0.2, 0.25) is 0 Å². The van der Waals surface area contributed by atoms with Gasteiger partial charge >= 0.3 is 6.09 Å². The highest BCUT2D eigenvalue weighted by molar-refractivity contribution is 9.10. The van der Waals surface area contributed by atoms with Crippen molar-refractivity contribution in [2.45, 2.75) is 45.3 Å². The zero-order valence-corrected chi connectivity index (χ0v) is 15.0. The van der Waals surface area contributed by atoms with Crippen molar-refractivity contribution in [1.29, 1.82) is 0 Å². The van der Waals surface area contributed by atoms with Gasteiger partial charge in [0.1, 0.15) is 5.60 Å². The van der Waals surface area contributed by atoms with E-state index in [0.29, 0.717) is 13.1 Å². The second-order valence-corrected chi connectivity index (χ2v) is 7.44. The molecule has 1 aliphatic rings. The number of halogens is 1. The highest BCUT2D eigenvalue weighted by Crippen LogP contribution is 2.17. The molecular weight excluding hydrogens is 344 g/mol. The van der Waals surface area contributed by atoms with E-state index >= 15 is 0 Å². The predicted molar refractivity (Wildman–Crippen MR) is 92.6 cm³/mol. The summed E-state index contributed by atoms with van der Waals surface area (Å²) in [6.07, 6.45) is 3.46. The van der Waals surface area contributed by atoms with Crippen molar-refractivity contribution >= 4 is 28.2 Å². The Kier molecular flexibility index (Phi) is 5.62. The summed E-state index contributed by atoms with van der Waals surface area (Å²) in [6.45, 7) is 7.08. The van der Waals surface area contributed by atoms with Crippen LogP contribution < -0.4 is 0 Å². The first-order valence-corrected chi connectivity index (χ1v) is 8.39. The van der Waals surface area contributed by atoms with Crippen LogP contribution in [0.15, 0.2) is 33.7 Å². The SMILES string of the molecule is CC(C)(C)OC(=O)N1CCC(N=Cc2ccc(Br)cc2)CC1. The van der Waals surface area contributed by atoms with Gasteiger partial charge in [-0.05, 0) is 51.3 Å². The lowest BCUT2D eigenvalue weighted by molar-refractivity contribution is 0.0207. The van der Waals surface area contributed by atoms with Crippen LogP contribution in [0.3, 0.4) is 0 Å². The van der Waals surface area contributed by atoms with Gasteiger partial charge in [-0.25, -0.2) is 4.79 Å². The lowest BCUT2D eigenvalue weighted by atomic mass is 10.1. The molecule has 1 fully saturated rings. The average Bonchev–Trinajstić information content (AvgIpc) is 2.45. The predicted octanol–water partition coefficient (Wildman–Crippen LogP) is 4.27. The summed E-state index contributed by atoms with van der Waals surface area (Å²) in [7, 11) is 0. The molecule has 1 aromatic carbocycles. The van der Waals surface area contributed by atoms with E-state index in [-0.39, 0.29) is 12.1 Å². The molecule has 0 radical (unpaired) electrons. The molecule has 0 aliphatic carbocycles. The second-order valence-electron chi connectivity index (χ2n) is 6.53. The number of piperidine rings is 1. The lowest BCUT2D eigenvalue weighted by Crippen LogP contribution is -2.42. The minimum Gasteiger partial charge on any atom is -0.444 e. The standard InChI is InChI=1S/C17H23BrN2O2/c1-17(2,3)22-16(21)20-10-8-15(9-11-20)19-12-13-4-6-14(18)7-5-13/h4-7,12,15H,8-11H2,1-3H3. The molecule has 1 aromatic rings. The summed E-state index contributed by atoms with van der Waals surface area (Å²) in [5, 5.41) is 0. The number of ether oxygens (including phenoxy) is 1. The maximum absolute atomic E-state index is 12.0. The summed E-state index contributed by atoms with van der Waals surface area (Å²) >= 11 is 3.42. The molecule has 22 heavy (non-hydrogen) atoms. The van der Waals surface area contributed by atoms with E-state index in [0.717, 1.165) is 22.9 Å². The Labute approximate surface area is 140 Å². The number of amides is 1. The molecule has 0 aromatic heterocycles. The molecule has 120 valence electrons. The fourth-order valence-electron chi connectivity index (χ4n) is 2.26. The highest BCUT2D eigenvalue weighted by Gasteiger charge is 2.26. The van der Waals surface area contributed by atoms with Crippen LogP contribution in [-0.2, 0) is 4.74 Å². The van der Waals surface area contributed by atoms with Gasteiger partial charge in [-0.3, -0.25) is 4.99 Å². The Morgan fingerprint density at radius 2 is 1.86 bits per heavy atom. The summed E-state index contributed by atoms with van der Waals surface area (Å²) < 4.78 is 6.46. The van der Waals surface area contributed by atoms with Gasteiger partial charge in [-0.1, -0.05) is 28.1 Å². The van der Waals surface area contributed by atoms with Crippen LogP contribution in [0.25, 0.3) is 0 Å². The van der Waals surface area contributed by atoms with Gasteiger partial charge in [0.25, 0.3) is 0 Å². The van der Waals surface area contributed by atoms with Crippen molar-refractivity contribution in [2.75, 3.05) is 13.1 Å². The topological polar surface area (TPSA) is 41.9 Å². The second kappa shape index (κ2) is 7.27. The van der Waals surface area contributed by atoms with Crippen molar-refractivity contribution < 1.29 is 9.53 Å². The van der Waals surface area contributed by atoms with Gasteiger partial charge in [0.05, 0.1) is 6.04 Å². The normalized spacial score (nSPS) is 17.0. The molecule has 1 aliphatic heterocycles. The quantitative estimate of drug-likeness (QED) is 0.733. The zero-order valence-electron chi connectivity index (χ0n) is 13.4. The first-order valence-electron chi connectivity index (χ1n) is 7.60. The molecule has 0 N–H and O–H groups in total. The molecular formula is C17H23BrN2O2. The van der Waals surface area contributed by atoms with Gasteiger partial charge in [-0.15, -0.1) is 0 Å². The fourth-order valence-corrected chi connectivity index (χ4v) is 2.53. The first kappa shape index (κ1) is 17.0. The molecule has 5 heteroatoms. The summed E-state index contributed by atoms with van der Waals surface area (Å²) in [5.41, 5.74) is 0.658. The van der Waals surface area contributed by atoms with Crippen LogP contribution in [-0.4, -0.2) is 41.9 Å². The van der Waals surface area contributed by atoms with Gasteiger partial charge in [0, 0.05) is 23.8 Å². The van der Waals surface area contributed by atoms with Crippen LogP contribution in [0.5, 0.6) is 0 Å². The van der Waals surface area contributed by atoms with Gasteiger partial charge < -0.3 is 9.64 Å². The van der Waals surface area contributed by atoms with Crippen molar-refractivity contribution in [2.24, 2.45) is 4.99 Å². The molecule has 0 atom stereocenters. The molecule has 0 bridgehead atoms. The van der Waals surface area contributed by atoms with E-state index in [2.05, 4.69) is 20.9 Å². The molecule has 0 unspecified atom stereocenters. The first-order chi connectivity index (χ1) is 10.3. The van der Waals surface area contributed by atoms with Gasteiger partial charge in [-0.2, -0.15) is 0 Å². The van der Waals surface area contributed by atoms with Crippen LogP contribution in [0, 0.1) is 0 Å².